The average Bonchev–Trinajstić information content (AvgIpc) is 3.35. The molecule has 0 radical (unpaired) electrons. The monoisotopic (exact) mass is 981 g/mol. The van der Waals surface area contributed by atoms with Crippen LogP contribution in [0.1, 0.15) is 181 Å². The number of ether oxygens (including phenoxy) is 6. The number of aliphatic hydroxyl groups excluding tert-OH is 7. The highest BCUT2D eigenvalue weighted by Crippen LogP contribution is 2.26. The minimum Gasteiger partial charge on any atom is -0.457 e. The largest absolute Gasteiger partial charge is 0.457 e. The van der Waals surface area contributed by atoms with Gasteiger partial charge in [-0.3, -0.25) is 4.79 Å². The van der Waals surface area contributed by atoms with E-state index in [1.54, 1.807) is 0 Å². The molecule has 2 fully saturated rings. The van der Waals surface area contributed by atoms with Crippen LogP contribution in [0.5, 0.6) is 0 Å². The third kappa shape index (κ3) is 29.7. The molecule has 0 spiro atoms. The molecule has 2 aliphatic heterocycles. The van der Waals surface area contributed by atoms with Gasteiger partial charge >= 0.3 is 5.97 Å². The summed E-state index contributed by atoms with van der Waals surface area (Å²) in [5.41, 5.74) is 0. The van der Waals surface area contributed by atoms with Gasteiger partial charge in [-0.1, -0.05) is 164 Å². The van der Waals surface area contributed by atoms with Crippen LogP contribution in [-0.4, -0.2) is 142 Å². The lowest BCUT2D eigenvalue weighted by atomic mass is 9.98. The Bertz CT molecular complexity index is 1370. The lowest BCUT2D eigenvalue weighted by Crippen LogP contribution is -2.61. The van der Waals surface area contributed by atoms with Gasteiger partial charge in [0.05, 0.1) is 26.4 Å². The summed E-state index contributed by atoms with van der Waals surface area (Å²) in [6, 6.07) is 0. The Morgan fingerprint density at radius 2 is 0.942 bits per heavy atom. The summed E-state index contributed by atoms with van der Waals surface area (Å²) in [6.07, 6.45) is 34.4. The summed E-state index contributed by atoms with van der Waals surface area (Å²) in [5, 5.41) is 72.2. The van der Waals surface area contributed by atoms with E-state index in [0.717, 1.165) is 57.8 Å². The Morgan fingerprint density at radius 3 is 1.49 bits per heavy atom. The number of allylic oxidation sites excluding steroid dienone is 10. The van der Waals surface area contributed by atoms with Crippen molar-refractivity contribution in [2.45, 2.75) is 248 Å². The van der Waals surface area contributed by atoms with Crippen LogP contribution in [-0.2, 0) is 33.2 Å². The van der Waals surface area contributed by atoms with Crippen molar-refractivity contribution in [3.63, 3.8) is 0 Å². The molecule has 69 heavy (non-hydrogen) atoms. The van der Waals surface area contributed by atoms with E-state index in [2.05, 4.69) is 74.6 Å². The van der Waals surface area contributed by atoms with Crippen LogP contribution in [0.2, 0.25) is 0 Å². The molecule has 0 aliphatic carbocycles. The zero-order valence-electron chi connectivity index (χ0n) is 42.5. The van der Waals surface area contributed by atoms with Gasteiger partial charge in [0, 0.05) is 13.0 Å². The molecule has 2 aliphatic rings. The molecule has 2 heterocycles. The second kappa shape index (κ2) is 42.2. The number of carbonyl (C=O) groups excluding carboxylic acids is 1. The summed E-state index contributed by atoms with van der Waals surface area (Å²) < 4.78 is 34.2. The molecular weight excluding hydrogens is 885 g/mol. The first-order valence-corrected chi connectivity index (χ1v) is 26.9. The highest BCUT2D eigenvalue weighted by atomic mass is 16.7. The summed E-state index contributed by atoms with van der Waals surface area (Å²) in [5.74, 6) is -0.398. The molecule has 0 aromatic rings. The molecule has 11 atom stereocenters. The van der Waals surface area contributed by atoms with Crippen molar-refractivity contribution in [3.8, 4) is 0 Å². The number of aliphatic hydroxyl groups is 7. The molecule has 400 valence electrons. The molecule has 0 saturated carbocycles. The van der Waals surface area contributed by atoms with Crippen molar-refractivity contribution in [1.29, 1.82) is 0 Å². The number of rotatable bonds is 42. The molecule has 0 bridgehead atoms. The first kappa shape index (κ1) is 62.8. The predicted octanol–water partition coefficient (Wildman–Crippen LogP) is 8.52. The van der Waals surface area contributed by atoms with Crippen molar-refractivity contribution >= 4 is 5.97 Å². The van der Waals surface area contributed by atoms with Crippen molar-refractivity contribution in [2.24, 2.45) is 0 Å². The number of unbranched alkanes of at least 4 members (excludes halogenated alkanes) is 18. The van der Waals surface area contributed by atoms with Crippen LogP contribution in [0.15, 0.2) is 60.8 Å². The summed E-state index contributed by atoms with van der Waals surface area (Å²) in [7, 11) is 0. The van der Waals surface area contributed by atoms with Crippen LogP contribution in [0.25, 0.3) is 0 Å². The van der Waals surface area contributed by atoms with Gasteiger partial charge in [0.25, 0.3) is 0 Å². The number of hydrogen-bond donors (Lipinski definition) is 7. The number of hydrogen-bond acceptors (Lipinski definition) is 14. The molecule has 7 N–H and O–H groups in total. The van der Waals surface area contributed by atoms with Crippen molar-refractivity contribution in [2.75, 3.05) is 33.0 Å². The number of carbonyl (C=O) groups is 1. The van der Waals surface area contributed by atoms with Crippen LogP contribution >= 0.6 is 0 Å². The van der Waals surface area contributed by atoms with Gasteiger partial charge < -0.3 is 64.2 Å². The van der Waals surface area contributed by atoms with Gasteiger partial charge in [0.1, 0.15) is 54.9 Å². The molecular formula is C55H96O14. The Balaban J connectivity index is 1.75. The Morgan fingerprint density at radius 1 is 0.493 bits per heavy atom. The second-order valence-corrected chi connectivity index (χ2v) is 18.7. The normalized spacial score (nSPS) is 26.2. The lowest BCUT2D eigenvalue weighted by molar-refractivity contribution is -0.332. The Kier molecular flexibility index (Phi) is 38.4. The summed E-state index contributed by atoms with van der Waals surface area (Å²) >= 11 is 0. The topological polar surface area (TPSA) is 214 Å². The van der Waals surface area contributed by atoms with Gasteiger partial charge in [-0.15, -0.1) is 0 Å². The quantitative estimate of drug-likeness (QED) is 0.0174. The maximum absolute atomic E-state index is 13.0. The first-order chi connectivity index (χ1) is 33.6. The highest BCUT2D eigenvalue weighted by Gasteiger charge is 2.47. The van der Waals surface area contributed by atoms with E-state index in [4.69, 9.17) is 28.4 Å². The zero-order chi connectivity index (χ0) is 50.2. The zero-order valence-corrected chi connectivity index (χ0v) is 42.5. The van der Waals surface area contributed by atoms with Gasteiger partial charge in [0.2, 0.25) is 0 Å². The lowest BCUT2D eigenvalue weighted by Gasteiger charge is -2.42. The summed E-state index contributed by atoms with van der Waals surface area (Å²) in [4.78, 5) is 13.0. The van der Waals surface area contributed by atoms with Crippen LogP contribution in [0.3, 0.4) is 0 Å². The van der Waals surface area contributed by atoms with Crippen molar-refractivity contribution in [3.05, 3.63) is 60.8 Å². The van der Waals surface area contributed by atoms with E-state index in [9.17, 15) is 40.5 Å². The fraction of sp³-hybridized carbons (Fsp3) is 0.800. The van der Waals surface area contributed by atoms with Gasteiger partial charge in [-0.2, -0.15) is 0 Å². The van der Waals surface area contributed by atoms with Crippen molar-refractivity contribution in [1.82, 2.24) is 0 Å². The standard InChI is InChI=1S/C55H96O14/c1-3-5-7-9-11-13-15-17-19-20-21-22-23-24-25-26-28-30-32-34-36-38-47(57)67-44(41-64-39-37-35-33-31-29-27-18-16-14-12-10-8-6-4-2)42-65-54-53(63)51(61)49(59)46(69-54)43-66-55-52(62)50(60)48(58)45(40-56)68-55/h6,8,12,14,18,20-21,27,31,33,44-46,48-56,58-63H,3-5,7,9-11,13,15-17,19,22-26,28-30,32,34-43H2,1-2H3/b8-6-,14-12-,21-20-,27-18-,33-31-. The molecule has 0 amide bonds. The van der Waals surface area contributed by atoms with E-state index >= 15 is 0 Å². The second-order valence-electron chi connectivity index (χ2n) is 18.7. The summed E-state index contributed by atoms with van der Waals surface area (Å²) in [6.45, 7) is 3.42. The minimum absolute atomic E-state index is 0.0210. The van der Waals surface area contributed by atoms with Gasteiger partial charge in [0.15, 0.2) is 12.6 Å². The third-order valence-corrected chi connectivity index (χ3v) is 12.5. The maximum Gasteiger partial charge on any atom is 0.306 e. The average molecular weight is 981 g/mol. The first-order valence-electron chi connectivity index (χ1n) is 26.9. The van der Waals surface area contributed by atoms with E-state index in [1.807, 2.05) is 0 Å². The Hall–Kier alpha value is -2.31. The molecule has 0 aromatic carbocycles. The minimum atomic E-state index is -1.72. The fourth-order valence-electron chi connectivity index (χ4n) is 8.17. The maximum atomic E-state index is 13.0. The Labute approximate surface area is 415 Å². The van der Waals surface area contributed by atoms with Crippen LogP contribution < -0.4 is 0 Å². The van der Waals surface area contributed by atoms with E-state index in [-0.39, 0.29) is 19.6 Å². The molecule has 11 unspecified atom stereocenters. The molecule has 14 nitrogen and oxygen atoms in total. The van der Waals surface area contributed by atoms with Gasteiger partial charge in [-0.05, 0) is 70.6 Å². The van der Waals surface area contributed by atoms with Gasteiger partial charge in [-0.25, -0.2) is 0 Å². The van der Waals surface area contributed by atoms with Crippen molar-refractivity contribution < 1.29 is 69.0 Å². The molecule has 0 aromatic heterocycles. The highest BCUT2D eigenvalue weighted by molar-refractivity contribution is 5.69. The molecule has 2 saturated heterocycles. The number of esters is 1. The predicted molar refractivity (Wildman–Crippen MR) is 270 cm³/mol. The fourth-order valence-corrected chi connectivity index (χ4v) is 8.17. The van der Waals surface area contributed by atoms with E-state index < -0.39 is 86.7 Å². The molecule has 14 heteroatoms. The third-order valence-electron chi connectivity index (χ3n) is 12.5. The van der Waals surface area contributed by atoms with E-state index in [0.29, 0.717) is 13.0 Å². The SMILES string of the molecule is CC/C=C\C/C=C\C/C=C\C/C=C\CCCOCC(COC1OC(COC2OC(CO)C(O)C(O)C2O)C(O)C(O)C1O)OC(=O)CCCCCCCCCCC/C=C\CCCCCCCCCC. The molecule has 2 rings (SSSR count). The smallest absolute Gasteiger partial charge is 0.306 e. The van der Waals surface area contributed by atoms with Crippen LogP contribution in [0, 0.1) is 0 Å². The van der Waals surface area contributed by atoms with Crippen LogP contribution in [0.4, 0.5) is 0 Å². The van der Waals surface area contributed by atoms with E-state index in [1.165, 1.54) is 96.3 Å².